The van der Waals surface area contributed by atoms with Gasteiger partial charge >= 0.3 is 0 Å². The first-order chi connectivity index (χ1) is 7.70. The topological polar surface area (TPSA) is 50.4 Å². The van der Waals surface area contributed by atoms with Crippen molar-refractivity contribution >= 4 is 17.7 Å². The molecule has 1 aliphatic rings. The third kappa shape index (κ3) is 5.53. The Hall–Kier alpha value is -0.520. The Labute approximate surface area is 101 Å². The Morgan fingerprint density at radius 3 is 3.12 bits per heavy atom. The highest BCUT2D eigenvalue weighted by atomic mass is 32.2. The van der Waals surface area contributed by atoms with E-state index in [4.69, 9.17) is 4.74 Å². The summed E-state index contributed by atoms with van der Waals surface area (Å²) in [5, 5.41) is 6.05. The van der Waals surface area contributed by atoms with Gasteiger partial charge in [-0.25, -0.2) is 0 Å². The van der Waals surface area contributed by atoms with Crippen LogP contribution in [0, 0.1) is 0 Å². The van der Waals surface area contributed by atoms with E-state index in [-0.39, 0.29) is 11.9 Å². The van der Waals surface area contributed by atoms with Crippen molar-refractivity contribution in [3.63, 3.8) is 0 Å². The van der Waals surface area contributed by atoms with Crippen molar-refractivity contribution in [1.82, 2.24) is 10.6 Å². The fourth-order valence-electron chi connectivity index (χ4n) is 1.35. The van der Waals surface area contributed by atoms with Gasteiger partial charge in [0.1, 0.15) is 0 Å². The lowest BCUT2D eigenvalue weighted by Gasteiger charge is -2.22. The van der Waals surface area contributed by atoms with Crippen LogP contribution in [-0.4, -0.2) is 49.8 Å². The maximum Gasteiger partial charge on any atom is 0.238 e. The minimum atomic E-state index is -0.0418. The lowest BCUT2D eigenvalue weighted by Crippen LogP contribution is -2.49. The number of rotatable bonds is 6. The van der Waals surface area contributed by atoms with Crippen LogP contribution in [0.25, 0.3) is 0 Å². The lowest BCUT2D eigenvalue weighted by molar-refractivity contribution is -0.122. The maximum absolute atomic E-state index is 11.6. The highest BCUT2D eigenvalue weighted by Gasteiger charge is 2.19. The molecule has 16 heavy (non-hydrogen) atoms. The molecule has 1 amide bonds. The first kappa shape index (κ1) is 13.5. The number of nitrogens with one attached hydrogen (secondary N) is 2. The molecule has 1 fully saturated rings. The molecule has 92 valence electrons. The van der Waals surface area contributed by atoms with Crippen LogP contribution in [0.3, 0.4) is 0 Å². The lowest BCUT2D eigenvalue weighted by atomic mass is 10.3. The molecule has 0 aliphatic carbocycles. The van der Waals surface area contributed by atoms with E-state index in [1.165, 1.54) is 0 Å². The van der Waals surface area contributed by atoms with E-state index in [2.05, 4.69) is 17.2 Å². The first-order valence-corrected chi connectivity index (χ1v) is 6.66. The zero-order valence-corrected chi connectivity index (χ0v) is 10.6. The van der Waals surface area contributed by atoms with Gasteiger partial charge in [-0.2, -0.15) is 11.8 Å². The highest BCUT2D eigenvalue weighted by Crippen LogP contribution is 2.07. The minimum absolute atomic E-state index is 0.0418. The molecule has 0 aromatic rings. The van der Waals surface area contributed by atoms with E-state index < -0.39 is 0 Å². The Bertz CT molecular complexity index is 240. The van der Waals surface area contributed by atoms with Crippen molar-refractivity contribution in [2.75, 3.05) is 37.8 Å². The number of hydrogen-bond acceptors (Lipinski definition) is 4. The Morgan fingerprint density at radius 2 is 2.50 bits per heavy atom. The molecule has 1 saturated heterocycles. The predicted molar refractivity (Wildman–Crippen MR) is 67.8 cm³/mol. The fraction of sp³-hybridized carbons (Fsp3) is 0.727. The third-order valence-corrected chi connectivity index (χ3v) is 3.19. The minimum Gasteiger partial charge on any atom is -0.375 e. The van der Waals surface area contributed by atoms with Crippen molar-refractivity contribution in [1.29, 1.82) is 0 Å². The van der Waals surface area contributed by atoms with Gasteiger partial charge in [-0.3, -0.25) is 4.79 Å². The summed E-state index contributed by atoms with van der Waals surface area (Å²) in [7, 11) is 0. The molecule has 1 heterocycles. The molecule has 1 rings (SSSR count). The van der Waals surface area contributed by atoms with E-state index in [0.29, 0.717) is 19.8 Å². The zero-order chi connectivity index (χ0) is 11.8. The summed E-state index contributed by atoms with van der Waals surface area (Å²) in [6.45, 7) is 8.23. The third-order valence-electron chi connectivity index (χ3n) is 2.13. The molecule has 0 spiro atoms. The van der Waals surface area contributed by atoms with Gasteiger partial charge in [-0.1, -0.05) is 12.2 Å². The Morgan fingerprint density at radius 1 is 1.69 bits per heavy atom. The molecule has 0 saturated carbocycles. The predicted octanol–water partition coefficient (Wildman–Crippen LogP) is 0.400. The van der Waals surface area contributed by atoms with E-state index in [9.17, 15) is 4.79 Å². The normalized spacial score (nSPS) is 20.4. The first-order valence-electron chi connectivity index (χ1n) is 5.51. The van der Waals surface area contributed by atoms with Gasteiger partial charge in [0.15, 0.2) is 0 Å². The van der Waals surface area contributed by atoms with Crippen LogP contribution >= 0.6 is 11.8 Å². The molecule has 1 atom stereocenters. The molecular weight excluding hydrogens is 224 g/mol. The Kier molecular flexibility index (Phi) is 6.52. The number of amides is 1. The van der Waals surface area contributed by atoms with Gasteiger partial charge in [0.05, 0.1) is 19.3 Å². The largest absolute Gasteiger partial charge is 0.375 e. The highest BCUT2D eigenvalue weighted by molar-refractivity contribution is 7.99. The average Bonchev–Trinajstić information content (AvgIpc) is 2.29. The second-order valence-corrected chi connectivity index (χ2v) is 5.03. The molecule has 4 nitrogen and oxygen atoms in total. The second kappa shape index (κ2) is 7.70. The van der Waals surface area contributed by atoms with Crippen LogP contribution in [0.1, 0.15) is 6.92 Å². The molecule has 5 heteroatoms. The summed E-state index contributed by atoms with van der Waals surface area (Å²) in [6, 6.07) is -0.0418. The van der Waals surface area contributed by atoms with Crippen molar-refractivity contribution in [2.24, 2.45) is 0 Å². The van der Waals surface area contributed by atoms with Gasteiger partial charge in [0.2, 0.25) is 5.91 Å². The summed E-state index contributed by atoms with van der Waals surface area (Å²) >= 11 is 1.81. The maximum atomic E-state index is 11.6. The summed E-state index contributed by atoms with van der Waals surface area (Å²) in [5.41, 5.74) is 0.997. The average molecular weight is 244 g/mol. The van der Waals surface area contributed by atoms with Crippen LogP contribution in [0.15, 0.2) is 12.2 Å². The summed E-state index contributed by atoms with van der Waals surface area (Å²) in [5.74, 6) is 2.02. The Balaban J connectivity index is 2.03. The standard InChI is InChI=1S/C11H20N2O2S/c1-9(2)7-15-5-3-13-11(14)10-8-16-6-4-12-10/h10,12H,1,3-8H2,2H3,(H,13,14). The quantitative estimate of drug-likeness (QED) is 0.524. The molecule has 2 N–H and O–H groups in total. The summed E-state index contributed by atoms with van der Waals surface area (Å²) in [4.78, 5) is 11.6. The van der Waals surface area contributed by atoms with Crippen molar-refractivity contribution in [2.45, 2.75) is 13.0 Å². The van der Waals surface area contributed by atoms with Gasteiger partial charge in [0, 0.05) is 24.6 Å². The van der Waals surface area contributed by atoms with Crippen LogP contribution in [0.5, 0.6) is 0 Å². The van der Waals surface area contributed by atoms with Crippen LogP contribution in [0.2, 0.25) is 0 Å². The SMILES string of the molecule is C=C(C)COCCNC(=O)C1CSCCN1. The molecule has 0 bridgehead atoms. The number of thioether (sulfide) groups is 1. The molecule has 1 aliphatic heterocycles. The van der Waals surface area contributed by atoms with Gasteiger partial charge in [0.25, 0.3) is 0 Å². The summed E-state index contributed by atoms with van der Waals surface area (Å²) in [6.07, 6.45) is 0. The van der Waals surface area contributed by atoms with E-state index in [0.717, 1.165) is 23.6 Å². The van der Waals surface area contributed by atoms with Crippen molar-refractivity contribution in [3.05, 3.63) is 12.2 Å². The molecule has 1 unspecified atom stereocenters. The van der Waals surface area contributed by atoms with Gasteiger partial charge in [-0.15, -0.1) is 0 Å². The summed E-state index contributed by atoms with van der Waals surface area (Å²) < 4.78 is 5.29. The molecular formula is C11H20N2O2S. The molecule has 0 radical (unpaired) electrons. The smallest absolute Gasteiger partial charge is 0.238 e. The van der Waals surface area contributed by atoms with E-state index in [1.807, 2.05) is 18.7 Å². The zero-order valence-electron chi connectivity index (χ0n) is 9.75. The fourth-order valence-corrected chi connectivity index (χ4v) is 2.28. The van der Waals surface area contributed by atoms with E-state index in [1.54, 1.807) is 0 Å². The van der Waals surface area contributed by atoms with Crippen molar-refractivity contribution < 1.29 is 9.53 Å². The monoisotopic (exact) mass is 244 g/mol. The number of carbonyl (C=O) groups excluding carboxylic acids is 1. The van der Waals surface area contributed by atoms with Gasteiger partial charge < -0.3 is 15.4 Å². The van der Waals surface area contributed by atoms with Crippen molar-refractivity contribution in [3.8, 4) is 0 Å². The molecule has 0 aromatic carbocycles. The number of carbonyl (C=O) groups is 1. The van der Waals surface area contributed by atoms with Crippen LogP contribution < -0.4 is 10.6 Å². The number of ether oxygens (including phenoxy) is 1. The van der Waals surface area contributed by atoms with Crippen LogP contribution in [-0.2, 0) is 9.53 Å². The second-order valence-electron chi connectivity index (χ2n) is 3.88. The van der Waals surface area contributed by atoms with Crippen LogP contribution in [0.4, 0.5) is 0 Å². The number of hydrogen-bond donors (Lipinski definition) is 2. The van der Waals surface area contributed by atoms with Gasteiger partial charge in [-0.05, 0) is 6.92 Å². The molecule has 0 aromatic heterocycles. The van der Waals surface area contributed by atoms with E-state index >= 15 is 0 Å².